The molecule has 1 aliphatic carbocycles. The molecule has 0 N–H and O–H groups in total. The second kappa shape index (κ2) is 6.69. The summed E-state index contributed by atoms with van der Waals surface area (Å²) in [5.74, 6) is -0.942. The van der Waals surface area contributed by atoms with Gasteiger partial charge < -0.3 is 0 Å². The number of rotatable bonds is 3. The second-order valence-corrected chi connectivity index (χ2v) is 6.98. The molecule has 0 saturated heterocycles. The average molecular weight is 370 g/mol. The molecular weight excluding hydrogens is 353 g/mol. The van der Waals surface area contributed by atoms with Crippen LogP contribution in [0.2, 0.25) is 0 Å². The highest BCUT2D eigenvalue weighted by Crippen LogP contribution is 2.41. The van der Waals surface area contributed by atoms with Crippen molar-refractivity contribution in [2.75, 3.05) is 0 Å². The third-order valence-corrected chi connectivity index (χ3v) is 5.07. The van der Waals surface area contributed by atoms with Gasteiger partial charge in [0.2, 0.25) is 0 Å². The van der Waals surface area contributed by atoms with E-state index in [1.54, 1.807) is 0 Å². The molecule has 1 unspecified atom stereocenters. The van der Waals surface area contributed by atoms with Gasteiger partial charge in [-0.15, -0.1) is 11.6 Å². The third kappa shape index (κ3) is 4.39. The number of hydrogen-bond acceptors (Lipinski definition) is 0. The normalized spacial score (nSPS) is 25.4. The zero-order valence-electron chi connectivity index (χ0n) is 11.0. The van der Waals surface area contributed by atoms with Crippen LogP contribution in [0.3, 0.4) is 0 Å². The Hall–Kier alpha value is -0.220. The SMILES string of the molecule is FC(F)(F)C1CCC(C(Cl)Cc2cccc(Br)c2)CC1. The molecule has 0 aromatic heterocycles. The Bertz CT molecular complexity index is 439. The summed E-state index contributed by atoms with van der Waals surface area (Å²) < 4.78 is 38.9. The van der Waals surface area contributed by atoms with Crippen LogP contribution in [0.25, 0.3) is 0 Å². The number of hydrogen-bond donors (Lipinski definition) is 0. The maximum atomic E-state index is 12.6. The van der Waals surface area contributed by atoms with E-state index in [0.29, 0.717) is 19.3 Å². The minimum Gasteiger partial charge on any atom is -0.171 e. The first-order valence-electron chi connectivity index (χ1n) is 6.81. The van der Waals surface area contributed by atoms with E-state index in [-0.39, 0.29) is 24.1 Å². The summed E-state index contributed by atoms with van der Waals surface area (Å²) in [4.78, 5) is 0. The van der Waals surface area contributed by atoms with E-state index >= 15 is 0 Å². The molecule has 0 aliphatic heterocycles. The molecule has 1 saturated carbocycles. The molecule has 1 fully saturated rings. The molecule has 2 rings (SSSR count). The molecule has 0 radical (unpaired) electrons. The van der Waals surface area contributed by atoms with E-state index < -0.39 is 12.1 Å². The Labute approximate surface area is 130 Å². The van der Waals surface area contributed by atoms with Crippen LogP contribution in [0, 0.1) is 11.8 Å². The van der Waals surface area contributed by atoms with Crippen molar-refractivity contribution < 1.29 is 13.2 Å². The van der Waals surface area contributed by atoms with Crippen molar-refractivity contribution in [1.82, 2.24) is 0 Å². The summed E-state index contributed by atoms with van der Waals surface area (Å²) in [5, 5.41) is -0.0847. The lowest BCUT2D eigenvalue weighted by molar-refractivity contribution is -0.183. The number of halogens is 5. The minimum absolute atomic E-state index is 0.0847. The second-order valence-electron chi connectivity index (χ2n) is 5.50. The van der Waals surface area contributed by atoms with Gasteiger partial charge in [-0.2, -0.15) is 13.2 Å². The van der Waals surface area contributed by atoms with E-state index in [4.69, 9.17) is 11.6 Å². The lowest BCUT2D eigenvalue weighted by atomic mass is 9.79. The van der Waals surface area contributed by atoms with Gasteiger partial charge in [-0.05, 0) is 55.7 Å². The summed E-state index contributed by atoms with van der Waals surface area (Å²) in [6, 6.07) is 7.91. The highest BCUT2D eigenvalue weighted by atomic mass is 79.9. The number of benzene rings is 1. The van der Waals surface area contributed by atoms with Crippen LogP contribution in [0.15, 0.2) is 28.7 Å². The Balaban J connectivity index is 1.87. The van der Waals surface area contributed by atoms with E-state index in [9.17, 15) is 13.2 Å². The van der Waals surface area contributed by atoms with Gasteiger partial charge in [0.25, 0.3) is 0 Å². The Morgan fingerprint density at radius 3 is 2.40 bits per heavy atom. The van der Waals surface area contributed by atoms with E-state index in [1.165, 1.54) is 0 Å². The quantitative estimate of drug-likeness (QED) is 0.576. The third-order valence-electron chi connectivity index (χ3n) is 4.07. The first-order valence-corrected chi connectivity index (χ1v) is 8.04. The maximum absolute atomic E-state index is 12.6. The molecule has 0 spiro atoms. The molecule has 0 heterocycles. The molecule has 20 heavy (non-hydrogen) atoms. The highest BCUT2D eigenvalue weighted by molar-refractivity contribution is 9.10. The fourth-order valence-electron chi connectivity index (χ4n) is 2.86. The fraction of sp³-hybridized carbons (Fsp3) is 0.600. The van der Waals surface area contributed by atoms with Crippen molar-refractivity contribution >= 4 is 27.5 Å². The van der Waals surface area contributed by atoms with Gasteiger partial charge in [0.05, 0.1) is 5.92 Å². The summed E-state index contributed by atoms with van der Waals surface area (Å²) in [6.07, 6.45) is -1.75. The minimum atomic E-state index is -4.04. The van der Waals surface area contributed by atoms with Crippen molar-refractivity contribution in [1.29, 1.82) is 0 Å². The Morgan fingerprint density at radius 2 is 1.85 bits per heavy atom. The van der Waals surface area contributed by atoms with Crippen LogP contribution >= 0.6 is 27.5 Å². The van der Waals surface area contributed by atoms with Crippen molar-refractivity contribution in [2.24, 2.45) is 11.8 Å². The molecule has 1 atom stereocenters. The maximum Gasteiger partial charge on any atom is 0.391 e. The zero-order valence-corrected chi connectivity index (χ0v) is 13.3. The van der Waals surface area contributed by atoms with Gasteiger partial charge in [0, 0.05) is 9.85 Å². The van der Waals surface area contributed by atoms with E-state index in [2.05, 4.69) is 15.9 Å². The average Bonchev–Trinajstić information content (AvgIpc) is 2.38. The molecule has 112 valence electrons. The molecule has 1 aromatic rings. The standard InChI is InChI=1S/C15H17BrClF3/c16-13-3-1-2-10(8-13)9-14(17)11-4-6-12(7-5-11)15(18,19)20/h1-3,8,11-12,14H,4-7,9H2. The molecule has 0 bridgehead atoms. The van der Waals surface area contributed by atoms with Crippen LogP contribution in [-0.2, 0) is 6.42 Å². The largest absolute Gasteiger partial charge is 0.391 e. The van der Waals surface area contributed by atoms with Crippen molar-refractivity contribution in [2.45, 2.75) is 43.7 Å². The van der Waals surface area contributed by atoms with Crippen molar-refractivity contribution in [3.05, 3.63) is 34.3 Å². The van der Waals surface area contributed by atoms with Gasteiger partial charge in [-0.3, -0.25) is 0 Å². The predicted molar refractivity (Wildman–Crippen MR) is 79.0 cm³/mol. The van der Waals surface area contributed by atoms with Crippen molar-refractivity contribution in [3.63, 3.8) is 0 Å². The van der Waals surface area contributed by atoms with Gasteiger partial charge in [0.1, 0.15) is 0 Å². The van der Waals surface area contributed by atoms with Gasteiger partial charge >= 0.3 is 6.18 Å². The zero-order chi connectivity index (χ0) is 14.8. The first-order chi connectivity index (χ1) is 9.36. The molecule has 0 amide bonds. The lowest BCUT2D eigenvalue weighted by Gasteiger charge is -2.32. The highest BCUT2D eigenvalue weighted by Gasteiger charge is 2.42. The molecular formula is C15H17BrClF3. The molecule has 1 aromatic carbocycles. The monoisotopic (exact) mass is 368 g/mol. The Morgan fingerprint density at radius 1 is 1.20 bits per heavy atom. The van der Waals surface area contributed by atoms with Gasteiger partial charge in [-0.1, -0.05) is 28.1 Å². The van der Waals surface area contributed by atoms with Crippen LogP contribution in [-0.4, -0.2) is 11.6 Å². The van der Waals surface area contributed by atoms with Crippen LogP contribution in [0.1, 0.15) is 31.2 Å². The lowest BCUT2D eigenvalue weighted by Crippen LogP contribution is -2.31. The van der Waals surface area contributed by atoms with E-state index in [0.717, 1.165) is 10.0 Å². The summed E-state index contributed by atoms with van der Waals surface area (Å²) in [5.41, 5.74) is 1.12. The Kier molecular flexibility index (Phi) is 5.41. The summed E-state index contributed by atoms with van der Waals surface area (Å²) >= 11 is 9.82. The predicted octanol–water partition coefficient (Wildman–Crippen LogP) is 5.97. The molecule has 5 heteroatoms. The van der Waals surface area contributed by atoms with E-state index in [1.807, 2.05) is 24.3 Å². The smallest absolute Gasteiger partial charge is 0.171 e. The van der Waals surface area contributed by atoms with Crippen LogP contribution in [0.5, 0.6) is 0 Å². The summed E-state index contributed by atoms with van der Waals surface area (Å²) in [7, 11) is 0. The van der Waals surface area contributed by atoms with Crippen LogP contribution < -0.4 is 0 Å². The first kappa shape index (κ1) is 16.2. The number of alkyl halides is 4. The molecule has 1 aliphatic rings. The van der Waals surface area contributed by atoms with Crippen LogP contribution in [0.4, 0.5) is 13.2 Å². The topological polar surface area (TPSA) is 0 Å². The fourth-order valence-corrected chi connectivity index (χ4v) is 3.74. The molecule has 0 nitrogen and oxygen atoms in total. The van der Waals surface area contributed by atoms with Gasteiger partial charge in [0.15, 0.2) is 0 Å². The summed E-state index contributed by atoms with van der Waals surface area (Å²) in [6.45, 7) is 0. The van der Waals surface area contributed by atoms with Gasteiger partial charge in [-0.25, -0.2) is 0 Å². The van der Waals surface area contributed by atoms with Crippen molar-refractivity contribution in [3.8, 4) is 0 Å².